The molecule has 10 heteroatoms. The van der Waals surface area contributed by atoms with Crippen molar-refractivity contribution in [3.05, 3.63) is 35.6 Å². The molecule has 3 aliphatic rings. The Balaban J connectivity index is 1.81. The van der Waals surface area contributed by atoms with E-state index in [0.717, 1.165) is 24.8 Å². The van der Waals surface area contributed by atoms with Crippen LogP contribution in [0, 0.1) is 11.8 Å². The molecule has 10 nitrogen and oxygen atoms in total. The van der Waals surface area contributed by atoms with Crippen LogP contribution < -0.4 is 0 Å². The van der Waals surface area contributed by atoms with Crippen molar-refractivity contribution in [3.8, 4) is 0 Å². The maximum absolute atomic E-state index is 13.2. The molecule has 2 N–H and O–H groups in total. The maximum Gasteiger partial charge on any atom is 0.306 e. The molecule has 0 radical (unpaired) electrons. The molecule has 47 heavy (non-hydrogen) atoms. The Labute approximate surface area is 280 Å². The van der Waals surface area contributed by atoms with Crippen LogP contribution in [-0.2, 0) is 38.1 Å². The van der Waals surface area contributed by atoms with E-state index in [1.807, 2.05) is 20.8 Å². The number of fused-ring (bicyclic) bond motifs is 2. The van der Waals surface area contributed by atoms with Crippen molar-refractivity contribution in [2.45, 2.75) is 167 Å². The average Bonchev–Trinajstić information content (AvgIpc) is 3.68. The summed E-state index contributed by atoms with van der Waals surface area (Å²) in [5.74, 6) is -2.89. The monoisotopic (exact) mass is 662 g/mol. The van der Waals surface area contributed by atoms with Gasteiger partial charge in [0.2, 0.25) is 6.29 Å². The fourth-order valence-electron chi connectivity index (χ4n) is 6.93. The molecule has 1 saturated heterocycles. The molecule has 266 valence electrons. The second kappa shape index (κ2) is 18.2. The van der Waals surface area contributed by atoms with Crippen LogP contribution >= 0.6 is 0 Å². The Morgan fingerprint density at radius 1 is 0.979 bits per heavy atom. The maximum atomic E-state index is 13.2. The molecular weight excluding hydrogens is 604 g/mol. The van der Waals surface area contributed by atoms with Gasteiger partial charge in [0, 0.05) is 31.8 Å². The first-order chi connectivity index (χ1) is 22.3. The van der Waals surface area contributed by atoms with Crippen molar-refractivity contribution in [1.29, 1.82) is 0 Å². The van der Waals surface area contributed by atoms with Gasteiger partial charge in [-0.05, 0) is 51.7 Å². The highest BCUT2D eigenvalue weighted by Crippen LogP contribution is 2.51. The number of carbonyl (C=O) groups excluding carboxylic acids is 3. The van der Waals surface area contributed by atoms with Crippen molar-refractivity contribution in [2.24, 2.45) is 11.8 Å². The summed E-state index contributed by atoms with van der Waals surface area (Å²) < 4.78 is 29.2. The highest BCUT2D eigenvalue weighted by Gasteiger charge is 2.60. The molecule has 0 spiro atoms. The van der Waals surface area contributed by atoms with E-state index in [0.29, 0.717) is 24.8 Å². The summed E-state index contributed by atoms with van der Waals surface area (Å²) in [6, 6.07) is 0. The normalized spacial score (nSPS) is 29.6. The molecule has 0 aromatic rings. The van der Waals surface area contributed by atoms with Crippen LogP contribution in [0.5, 0.6) is 0 Å². The molecule has 0 amide bonds. The molecular formula is C37H58O10. The number of hydrogen-bond donors (Lipinski definition) is 2. The minimum Gasteiger partial charge on any atom is -0.462 e. The lowest BCUT2D eigenvalue weighted by molar-refractivity contribution is -0.184. The van der Waals surface area contributed by atoms with E-state index in [4.69, 9.17) is 23.7 Å². The SMILES string of the molecule is C=C1C(O)C(O)C2OC2(C)CCC2C(C(OC(C)=O)C(C=C(C)C)OC(=O)CCCCCCCCCCCC)=COC(OC(C)=O)C12. The van der Waals surface area contributed by atoms with Crippen LogP contribution in [0.4, 0.5) is 0 Å². The fraction of sp³-hybridized carbons (Fsp3) is 0.757. The average molecular weight is 663 g/mol. The molecule has 1 saturated carbocycles. The standard InChI is InChI=1S/C37H58O10/c1-8-9-10-11-12-13-14-15-16-17-18-30(40)46-29(21-23(2)3)34(44-25(5)38)28-22-43-36(45-26(6)39)31-24(4)32(41)33(42)35-37(7,47-35)20-19-27(28)31/h21-22,27,29,31-36,41-42H,4,8-20H2,1-3,5-7H3. The number of rotatable bonds is 17. The number of unbranched alkanes of at least 4 members (excludes halogenated alkanes) is 9. The van der Waals surface area contributed by atoms with Crippen LogP contribution in [0.3, 0.4) is 0 Å². The van der Waals surface area contributed by atoms with E-state index >= 15 is 0 Å². The Hall–Kier alpha value is -2.69. The number of aliphatic hydroxyl groups excluding tert-OH is 2. The number of epoxide rings is 1. The summed E-state index contributed by atoms with van der Waals surface area (Å²) in [4.78, 5) is 37.8. The summed E-state index contributed by atoms with van der Waals surface area (Å²) in [5.41, 5.74) is 0.865. The van der Waals surface area contributed by atoms with Gasteiger partial charge in [0.05, 0.1) is 17.8 Å². The zero-order chi connectivity index (χ0) is 34.7. The number of ether oxygens (including phenoxy) is 5. The first-order valence-corrected chi connectivity index (χ1v) is 17.6. The third-order valence-electron chi connectivity index (χ3n) is 9.53. The van der Waals surface area contributed by atoms with Crippen LogP contribution in [0.1, 0.15) is 125 Å². The molecule has 9 unspecified atom stereocenters. The molecule has 2 aliphatic heterocycles. The number of aliphatic hydroxyl groups is 2. The first-order valence-electron chi connectivity index (χ1n) is 17.6. The van der Waals surface area contributed by atoms with Crippen molar-refractivity contribution < 1.29 is 48.3 Å². The Bertz CT molecular complexity index is 1140. The zero-order valence-corrected chi connectivity index (χ0v) is 29.3. The van der Waals surface area contributed by atoms with E-state index in [9.17, 15) is 24.6 Å². The largest absolute Gasteiger partial charge is 0.462 e. The van der Waals surface area contributed by atoms with Crippen molar-refractivity contribution in [1.82, 2.24) is 0 Å². The highest BCUT2D eigenvalue weighted by atomic mass is 16.7. The molecule has 0 aromatic heterocycles. The van der Waals surface area contributed by atoms with Crippen LogP contribution in [0.15, 0.2) is 35.6 Å². The van der Waals surface area contributed by atoms with Gasteiger partial charge in [-0.1, -0.05) is 76.9 Å². The predicted molar refractivity (Wildman–Crippen MR) is 177 cm³/mol. The van der Waals surface area contributed by atoms with Gasteiger partial charge in [0.1, 0.15) is 18.3 Å². The number of carbonyl (C=O) groups is 3. The van der Waals surface area contributed by atoms with Gasteiger partial charge in [0.25, 0.3) is 0 Å². The third-order valence-corrected chi connectivity index (χ3v) is 9.53. The molecule has 9 atom stereocenters. The first kappa shape index (κ1) is 38.8. The molecule has 1 aliphatic carbocycles. The van der Waals surface area contributed by atoms with E-state index in [2.05, 4.69) is 13.5 Å². The van der Waals surface area contributed by atoms with E-state index < -0.39 is 72.2 Å². The van der Waals surface area contributed by atoms with Gasteiger partial charge < -0.3 is 33.9 Å². The molecule has 3 rings (SSSR count). The summed E-state index contributed by atoms with van der Waals surface area (Å²) >= 11 is 0. The number of esters is 3. The van der Waals surface area contributed by atoms with Gasteiger partial charge in [-0.25, -0.2) is 0 Å². The lowest BCUT2D eigenvalue weighted by atomic mass is 9.73. The Morgan fingerprint density at radius 3 is 2.17 bits per heavy atom. The van der Waals surface area contributed by atoms with Gasteiger partial charge in [0.15, 0.2) is 12.2 Å². The molecule has 0 aromatic carbocycles. The van der Waals surface area contributed by atoms with E-state index in [1.165, 1.54) is 58.6 Å². The summed E-state index contributed by atoms with van der Waals surface area (Å²) in [6.07, 6.45) is 9.39. The second-order valence-corrected chi connectivity index (χ2v) is 13.9. The van der Waals surface area contributed by atoms with Crippen molar-refractivity contribution >= 4 is 17.9 Å². The summed E-state index contributed by atoms with van der Waals surface area (Å²) in [7, 11) is 0. The van der Waals surface area contributed by atoms with Gasteiger partial charge in [-0.2, -0.15) is 0 Å². The lowest BCUT2D eigenvalue weighted by Crippen LogP contribution is -2.47. The number of hydrogen-bond acceptors (Lipinski definition) is 10. The molecule has 2 fully saturated rings. The quantitative estimate of drug-likeness (QED) is 0.0593. The van der Waals surface area contributed by atoms with E-state index in [-0.39, 0.29) is 12.0 Å². The minimum absolute atomic E-state index is 0.206. The van der Waals surface area contributed by atoms with Crippen LogP contribution in [0.25, 0.3) is 0 Å². The van der Waals surface area contributed by atoms with Gasteiger partial charge in [-0.3, -0.25) is 14.4 Å². The van der Waals surface area contributed by atoms with Crippen molar-refractivity contribution in [3.63, 3.8) is 0 Å². The fourth-order valence-corrected chi connectivity index (χ4v) is 6.93. The lowest BCUT2D eigenvalue weighted by Gasteiger charge is -2.42. The summed E-state index contributed by atoms with van der Waals surface area (Å²) in [6.45, 7) is 14.5. The zero-order valence-electron chi connectivity index (χ0n) is 29.3. The van der Waals surface area contributed by atoms with Gasteiger partial charge >= 0.3 is 17.9 Å². The van der Waals surface area contributed by atoms with E-state index in [1.54, 1.807) is 6.08 Å². The number of allylic oxidation sites excluding steroid dienone is 1. The molecule has 0 bridgehead atoms. The highest BCUT2D eigenvalue weighted by molar-refractivity contribution is 5.70. The minimum atomic E-state index is -1.40. The van der Waals surface area contributed by atoms with Crippen LogP contribution in [0.2, 0.25) is 0 Å². The van der Waals surface area contributed by atoms with Crippen LogP contribution in [-0.4, -0.2) is 70.5 Å². The third kappa shape index (κ3) is 11.2. The predicted octanol–water partition coefficient (Wildman–Crippen LogP) is 6.37. The summed E-state index contributed by atoms with van der Waals surface area (Å²) in [5, 5.41) is 22.1. The molecule has 2 heterocycles. The second-order valence-electron chi connectivity index (χ2n) is 13.9. The van der Waals surface area contributed by atoms with Gasteiger partial charge in [-0.15, -0.1) is 0 Å². The smallest absolute Gasteiger partial charge is 0.306 e. The van der Waals surface area contributed by atoms with Crippen molar-refractivity contribution in [2.75, 3.05) is 0 Å². The Morgan fingerprint density at radius 2 is 1.60 bits per heavy atom. The Kier molecular flexibility index (Phi) is 15.0. The topological polar surface area (TPSA) is 141 Å².